The standard InChI is InChI=1S/C75H48B2Cl4N6O4/c1-45-19-21-49(22-20-45)74(88)90-59-35-29-48(30-36-59)71-69-68(72(60(42-82)52-24-23-51-39-62(79)46(2)37-53(51)38-52)87(71)77(55-15-9-5-10-16-55)56-17-11-6-12-18-56)70(47-27-33-58(34-28-47)91-75(89)50-25-31-57(78)32-26-50)86(76(3)54-13-7-4-8-14-54)73(69)61(43-83)67-44-84-65-40-63(80)64(81)41-66(65)85-67/h4-41,44H,1-3H3/b72-60-,73-61-. The van der Waals surface area contributed by atoms with Gasteiger partial charge in [0.05, 0.1) is 54.7 Å². The molecule has 0 aliphatic heterocycles. The summed E-state index contributed by atoms with van der Waals surface area (Å²) in [5, 5.41) is 30.1. The average molecular weight is 1260 g/mol. The van der Waals surface area contributed by atoms with E-state index in [9.17, 15) is 20.1 Å². The lowest BCUT2D eigenvalue weighted by Crippen LogP contribution is -2.53. The Labute approximate surface area is 544 Å². The number of nitriles is 2. The molecule has 0 aliphatic carbocycles. The Balaban J connectivity index is 1.26. The normalized spacial score (nSPS) is 11.9. The van der Waals surface area contributed by atoms with Gasteiger partial charge < -0.3 is 18.4 Å². The fourth-order valence-corrected chi connectivity index (χ4v) is 12.5. The van der Waals surface area contributed by atoms with Crippen LogP contribution in [0.1, 0.15) is 43.1 Å². The molecule has 0 unspecified atom stereocenters. The topological polar surface area (TPSA) is 136 Å². The molecule has 0 aliphatic rings. The third-order valence-corrected chi connectivity index (χ3v) is 17.7. The van der Waals surface area contributed by atoms with Crippen LogP contribution in [0.3, 0.4) is 0 Å². The molecule has 3 aromatic heterocycles. The van der Waals surface area contributed by atoms with Crippen molar-refractivity contribution < 1.29 is 19.1 Å². The Morgan fingerprint density at radius 2 is 0.967 bits per heavy atom. The van der Waals surface area contributed by atoms with Gasteiger partial charge in [0.2, 0.25) is 0 Å². The quantitative estimate of drug-likeness (QED) is 0.0632. The first-order valence-electron chi connectivity index (χ1n) is 29.1. The van der Waals surface area contributed by atoms with Crippen molar-refractivity contribution in [1.82, 2.24) is 18.9 Å². The second-order valence-electron chi connectivity index (χ2n) is 22.0. The molecule has 0 atom stereocenters. The van der Waals surface area contributed by atoms with Gasteiger partial charge in [0.25, 0.3) is 6.85 Å². The lowest BCUT2D eigenvalue weighted by Gasteiger charge is -2.23. The minimum absolute atomic E-state index is 0.133. The predicted octanol–water partition coefficient (Wildman–Crippen LogP) is 15.0. The van der Waals surface area contributed by atoms with Crippen LogP contribution in [0, 0.1) is 36.5 Å². The number of ether oxygens (including phenoxy) is 2. The average Bonchev–Trinajstić information content (AvgIpc) is 1.53. The van der Waals surface area contributed by atoms with Crippen LogP contribution in [-0.4, -0.2) is 44.6 Å². The molecule has 0 bridgehead atoms. The van der Waals surface area contributed by atoms with Gasteiger partial charge in [-0.1, -0.05) is 190 Å². The fraction of sp³-hybridized carbons (Fsp3) is 0.0400. The number of aryl methyl sites for hydroxylation is 2. The van der Waals surface area contributed by atoms with Gasteiger partial charge in [0, 0.05) is 32.2 Å². The van der Waals surface area contributed by atoms with Gasteiger partial charge >= 0.3 is 18.8 Å². The van der Waals surface area contributed by atoms with Crippen LogP contribution in [0.4, 0.5) is 0 Å². The van der Waals surface area contributed by atoms with Gasteiger partial charge in [0.15, 0.2) is 0 Å². The molecular formula is C75H48B2Cl4N6O4. The molecular weight excluding hydrogens is 1210 g/mol. The first kappa shape index (κ1) is 59.5. The van der Waals surface area contributed by atoms with Gasteiger partial charge in [0.1, 0.15) is 34.9 Å². The number of esters is 2. The van der Waals surface area contributed by atoms with Crippen LogP contribution in [0.25, 0.3) is 66.2 Å². The number of rotatable bonds is 13. The Bertz CT molecular complexity index is 5210. The second kappa shape index (κ2) is 25.2. The zero-order chi connectivity index (χ0) is 63.0. The molecule has 0 radical (unpaired) electrons. The molecule has 3 heterocycles. The number of carbonyl (C=O) groups excluding carboxylic acids is 2. The maximum absolute atomic E-state index is 13.8. The molecule has 16 heteroatoms. The summed E-state index contributed by atoms with van der Waals surface area (Å²) < 4.78 is 16.5. The van der Waals surface area contributed by atoms with E-state index in [4.69, 9.17) is 65.8 Å². The smallest absolute Gasteiger partial charge is 0.343 e. The van der Waals surface area contributed by atoms with E-state index in [0.717, 1.165) is 38.3 Å². The van der Waals surface area contributed by atoms with Gasteiger partial charge in [-0.25, -0.2) is 14.6 Å². The summed E-state index contributed by atoms with van der Waals surface area (Å²) in [5.41, 5.74) is 9.75. The highest BCUT2D eigenvalue weighted by Gasteiger charge is 2.36. The number of hydrogen-bond donors (Lipinski definition) is 0. The van der Waals surface area contributed by atoms with E-state index in [1.807, 2.05) is 147 Å². The number of carbonyl (C=O) groups is 2. The highest BCUT2D eigenvalue weighted by atomic mass is 35.5. The molecule has 0 amide bonds. The molecule has 13 rings (SSSR count). The molecule has 0 fully saturated rings. The van der Waals surface area contributed by atoms with Crippen LogP contribution in [-0.2, 0) is 0 Å². The van der Waals surface area contributed by atoms with Gasteiger partial charge in [-0.3, -0.25) is 4.98 Å². The molecule has 0 saturated carbocycles. The zero-order valence-corrected chi connectivity index (χ0v) is 52.0. The van der Waals surface area contributed by atoms with Crippen molar-refractivity contribution in [2.75, 3.05) is 0 Å². The first-order chi connectivity index (χ1) is 44.2. The van der Waals surface area contributed by atoms with Gasteiger partial charge in [-0.05, 0) is 162 Å². The van der Waals surface area contributed by atoms with Crippen LogP contribution in [0.15, 0.2) is 237 Å². The van der Waals surface area contributed by atoms with Gasteiger partial charge in [-0.15, -0.1) is 0 Å². The highest BCUT2D eigenvalue weighted by Crippen LogP contribution is 2.39. The summed E-state index contributed by atoms with van der Waals surface area (Å²) >= 11 is 26.3. The molecule has 10 nitrogen and oxygen atoms in total. The van der Waals surface area contributed by atoms with Crippen molar-refractivity contribution in [2.45, 2.75) is 20.7 Å². The van der Waals surface area contributed by atoms with Crippen molar-refractivity contribution in [3.05, 3.63) is 301 Å². The van der Waals surface area contributed by atoms with Crippen molar-refractivity contribution in [3.8, 4) is 46.2 Å². The van der Waals surface area contributed by atoms with Crippen LogP contribution < -0.4 is 36.6 Å². The second-order valence-corrected chi connectivity index (χ2v) is 23.7. The number of halogens is 4. The Hall–Kier alpha value is -10.4. The lowest BCUT2D eigenvalue weighted by atomic mass is 9.50. The van der Waals surface area contributed by atoms with E-state index in [-0.39, 0.29) is 27.8 Å². The maximum atomic E-state index is 13.8. The monoisotopic (exact) mass is 1260 g/mol. The number of fused-ring (bicyclic) bond motifs is 3. The number of hydrogen-bond acceptors (Lipinski definition) is 8. The van der Waals surface area contributed by atoms with Crippen molar-refractivity contribution in [1.29, 1.82) is 10.5 Å². The molecule has 0 N–H and O–H groups in total. The van der Waals surface area contributed by atoms with E-state index in [1.54, 1.807) is 79.0 Å². The largest absolute Gasteiger partial charge is 0.423 e. The summed E-state index contributed by atoms with van der Waals surface area (Å²) in [4.78, 5) is 37.6. The van der Waals surface area contributed by atoms with E-state index < -0.39 is 25.6 Å². The molecule has 10 aromatic carbocycles. The first-order valence-corrected chi connectivity index (χ1v) is 30.6. The minimum atomic E-state index is -0.683. The minimum Gasteiger partial charge on any atom is -0.423 e. The van der Waals surface area contributed by atoms with Crippen molar-refractivity contribution in [2.24, 2.45) is 0 Å². The van der Waals surface area contributed by atoms with E-state index in [2.05, 4.69) is 52.2 Å². The van der Waals surface area contributed by atoms with E-state index in [1.165, 1.54) is 0 Å². The Morgan fingerprint density at radius 3 is 1.51 bits per heavy atom. The maximum Gasteiger partial charge on any atom is 0.343 e. The summed E-state index contributed by atoms with van der Waals surface area (Å²) in [5.74, 6) is -0.579. The zero-order valence-electron chi connectivity index (χ0n) is 49.0. The highest BCUT2D eigenvalue weighted by molar-refractivity contribution is 6.84. The molecule has 13 aromatic rings. The Morgan fingerprint density at radius 1 is 0.484 bits per heavy atom. The number of aromatic nitrogens is 4. The van der Waals surface area contributed by atoms with Crippen molar-refractivity contribution in [3.63, 3.8) is 0 Å². The third kappa shape index (κ3) is 11.6. The van der Waals surface area contributed by atoms with Crippen LogP contribution in [0.5, 0.6) is 11.5 Å². The third-order valence-electron chi connectivity index (χ3n) is 16.3. The predicted molar refractivity (Wildman–Crippen MR) is 368 cm³/mol. The summed E-state index contributed by atoms with van der Waals surface area (Å²) in [6, 6.07) is 76.8. The number of nitrogens with zero attached hydrogens (tertiary/aromatic N) is 6. The fourth-order valence-electron chi connectivity index (χ4n) is 11.9. The van der Waals surface area contributed by atoms with E-state index >= 15 is 0 Å². The van der Waals surface area contributed by atoms with Crippen LogP contribution in [0.2, 0.25) is 26.9 Å². The summed E-state index contributed by atoms with van der Waals surface area (Å²) in [6.45, 7) is 4.72. The van der Waals surface area contributed by atoms with Crippen molar-refractivity contribution >= 4 is 132 Å². The lowest BCUT2D eigenvalue weighted by molar-refractivity contribution is 0.0725. The molecule has 91 heavy (non-hydrogen) atoms. The van der Waals surface area contributed by atoms with Crippen LogP contribution >= 0.6 is 46.4 Å². The molecule has 0 spiro atoms. The Kier molecular flexibility index (Phi) is 16.5. The molecule has 0 saturated heterocycles. The summed E-state index contributed by atoms with van der Waals surface area (Å²) in [7, 11) is 0. The van der Waals surface area contributed by atoms with Gasteiger partial charge in [-0.2, -0.15) is 10.5 Å². The summed E-state index contributed by atoms with van der Waals surface area (Å²) in [6.07, 6.45) is 1.56. The SMILES string of the molecule is CB(c1ccccc1)n1c(-c2ccc(OC(=O)c3ccc(Cl)cc3)cc2)c2/c(=C(\C#N)c3ccc4cc(Cl)c(C)cc4c3)n(B(c3ccccc3)c3ccccc3)c(-c3ccc(OC(=O)c4ccc(C)cc4)cc3)c2/c1=C(\C#N)c1cnc2cc(Cl)c(Cl)cc2n1. The van der Waals surface area contributed by atoms with E-state index in [0.29, 0.717) is 92.4 Å². The number of benzene rings is 10. The molecule has 436 valence electrons.